The highest BCUT2D eigenvalue weighted by atomic mass is 32.1. The van der Waals surface area contributed by atoms with E-state index < -0.39 is 0 Å². The van der Waals surface area contributed by atoms with Gasteiger partial charge in [0.2, 0.25) is 0 Å². The van der Waals surface area contributed by atoms with Gasteiger partial charge in [0.05, 0.1) is 11.9 Å². The molecule has 0 aliphatic rings. The zero-order valence-corrected chi connectivity index (χ0v) is 12.5. The molecule has 3 aromatic rings. The summed E-state index contributed by atoms with van der Waals surface area (Å²) in [4.78, 5) is 17.7. The Morgan fingerprint density at radius 1 is 1.38 bits per heavy atom. The summed E-state index contributed by atoms with van der Waals surface area (Å²) in [6, 6.07) is 7.74. The Balaban J connectivity index is 1.87. The number of fused-ring (bicyclic) bond motifs is 1. The molecular weight excluding hydrogens is 284 g/mol. The third-order valence-electron chi connectivity index (χ3n) is 3.06. The largest absolute Gasteiger partial charge is 0.295 e. The average Bonchev–Trinajstić information content (AvgIpc) is 3.05. The monoisotopic (exact) mass is 298 g/mol. The number of amides is 1. The fourth-order valence-corrected chi connectivity index (χ4v) is 2.70. The minimum Gasteiger partial charge on any atom is -0.295 e. The first-order chi connectivity index (χ1) is 10.1. The summed E-state index contributed by atoms with van der Waals surface area (Å²) < 4.78 is 1.79. The standard InChI is InChI=1S/C15H14N4OS/c1-10-5-6-13-17-11(2)14(19(13)9-10)15(20)18-16-8-12-4-3-7-21-12/h3-9H,1-2H3,(H,18,20)/b16-8+. The van der Waals surface area contributed by atoms with Gasteiger partial charge in [-0.25, -0.2) is 10.4 Å². The Hall–Kier alpha value is -2.47. The summed E-state index contributed by atoms with van der Waals surface area (Å²) in [6.45, 7) is 3.80. The molecule has 106 valence electrons. The third kappa shape index (κ3) is 2.71. The smallest absolute Gasteiger partial charge is 0.290 e. The van der Waals surface area contributed by atoms with Crippen molar-refractivity contribution in [1.29, 1.82) is 0 Å². The lowest BCUT2D eigenvalue weighted by Crippen LogP contribution is -2.20. The Bertz CT molecular complexity index is 818. The molecule has 0 radical (unpaired) electrons. The average molecular weight is 298 g/mol. The second-order valence-corrected chi connectivity index (χ2v) is 5.67. The van der Waals surface area contributed by atoms with Crippen molar-refractivity contribution in [3.63, 3.8) is 0 Å². The van der Waals surface area contributed by atoms with E-state index in [1.807, 2.05) is 49.7 Å². The summed E-state index contributed by atoms with van der Waals surface area (Å²) in [7, 11) is 0. The van der Waals surface area contributed by atoms with Crippen LogP contribution in [-0.2, 0) is 0 Å². The van der Waals surface area contributed by atoms with E-state index in [2.05, 4.69) is 15.5 Å². The van der Waals surface area contributed by atoms with Gasteiger partial charge in [-0.1, -0.05) is 12.1 Å². The number of aromatic nitrogens is 2. The molecule has 3 aromatic heterocycles. The van der Waals surface area contributed by atoms with Gasteiger partial charge >= 0.3 is 0 Å². The predicted octanol–water partition coefficient (Wildman–Crippen LogP) is 2.78. The highest BCUT2D eigenvalue weighted by Gasteiger charge is 2.15. The van der Waals surface area contributed by atoms with E-state index in [0.717, 1.165) is 16.1 Å². The Labute approximate surface area is 126 Å². The molecule has 0 aromatic carbocycles. The summed E-state index contributed by atoms with van der Waals surface area (Å²) in [5, 5.41) is 5.94. The lowest BCUT2D eigenvalue weighted by atomic mass is 10.3. The summed E-state index contributed by atoms with van der Waals surface area (Å²) >= 11 is 1.56. The number of hydrogen-bond acceptors (Lipinski definition) is 4. The first kappa shape index (κ1) is 13.5. The molecule has 1 N–H and O–H groups in total. The summed E-state index contributed by atoms with van der Waals surface area (Å²) in [5.41, 5.74) is 5.57. The molecule has 6 heteroatoms. The van der Waals surface area contributed by atoms with Crippen LogP contribution in [0.15, 0.2) is 40.9 Å². The number of rotatable bonds is 3. The molecule has 5 nitrogen and oxygen atoms in total. The van der Waals surface area contributed by atoms with Crippen molar-refractivity contribution < 1.29 is 4.79 Å². The van der Waals surface area contributed by atoms with E-state index in [4.69, 9.17) is 0 Å². The number of imidazole rings is 1. The molecule has 3 rings (SSSR count). The molecule has 0 fully saturated rings. The second kappa shape index (κ2) is 5.49. The topological polar surface area (TPSA) is 58.8 Å². The van der Waals surface area contributed by atoms with Crippen molar-refractivity contribution in [1.82, 2.24) is 14.8 Å². The highest BCUT2D eigenvalue weighted by molar-refractivity contribution is 7.11. The normalized spacial score (nSPS) is 11.3. The third-order valence-corrected chi connectivity index (χ3v) is 3.86. The molecule has 0 aliphatic carbocycles. The number of nitrogens with one attached hydrogen (secondary N) is 1. The molecule has 0 unspecified atom stereocenters. The molecule has 0 atom stereocenters. The first-order valence-corrected chi connectivity index (χ1v) is 7.35. The molecular formula is C15H14N4OS. The summed E-state index contributed by atoms with van der Waals surface area (Å²) in [5.74, 6) is -0.265. The highest BCUT2D eigenvalue weighted by Crippen LogP contribution is 2.13. The minimum absolute atomic E-state index is 0.265. The van der Waals surface area contributed by atoms with Gasteiger partial charge in [-0.15, -0.1) is 11.3 Å². The number of nitrogens with zero attached hydrogens (tertiary/aromatic N) is 3. The van der Waals surface area contributed by atoms with Crippen molar-refractivity contribution in [3.05, 3.63) is 57.7 Å². The number of aryl methyl sites for hydroxylation is 2. The van der Waals surface area contributed by atoms with Gasteiger partial charge in [-0.2, -0.15) is 5.10 Å². The first-order valence-electron chi connectivity index (χ1n) is 6.47. The number of carbonyl (C=O) groups excluding carboxylic acids is 1. The lowest BCUT2D eigenvalue weighted by Gasteiger charge is -2.02. The number of pyridine rings is 1. The molecule has 21 heavy (non-hydrogen) atoms. The van der Waals surface area contributed by atoms with Gasteiger partial charge in [0.25, 0.3) is 5.91 Å². The summed E-state index contributed by atoms with van der Waals surface area (Å²) in [6.07, 6.45) is 3.53. The van der Waals surface area contributed by atoms with Crippen LogP contribution in [0.3, 0.4) is 0 Å². The van der Waals surface area contributed by atoms with Gasteiger partial charge in [0, 0.05) is 11.1 Å². The molecule has 1 amide bonds. The molecule has 0 bridgehead atoms. The van der Waals surface area contributed by atoms with E-state index in [9.17, 15) is 4.79 Å². The van der Waals surface area contributed by atoms with Crippen LogP contribution in [0.25, 0.3) is 5.65 Å². The van der Waals surface area contributed by atoms with Crippen molar-refractivity contribution in [2.45, 2.75) is 13.8 Å². The van der Waals surface area contributed by atoms with Crippen LogP contribution in [-0.4, -0.2) is 21.5 Å². The van der Waals surface area contributed by atoms with Crippen LogP contribution < -0.4 is 5.43 Å². The van der Waals surface area contributed by atoms with E-state index in [-0.39, 0.29) is 5.91 Å². The molecule has 3 heterocycles. The van der Waals surface area contributed by atoms with Crippen LogP contribution in [0.4, 0.5) is 0 Å². The van der Waals surface area contributed by atoms with Crippen LogP contribution in [0.2, 0.25) is 0 Å². The quantitative estimate of drug-likeness (QED) is 0.597. The number of thiophene rings is 1. The molecule has 0 saturated heterocycles. The molecule has 0 aliphatic heterocycles. The van der Waals surface area contributed by atoms with Crippen molar-refractivity contribution in [3.8, 4) is 0 Å². The fourth-order valence-electron chi connectivity index (χ4n) is 2.11. The van der Waals surface area contributed by atoms with Crippen LogP contribution in [0.1, 0.15) is 26.6 Å². The van der Waals surface area contributed by atoms with Crippen molar-refractivity contribution in [2.75, 3.05) is 0 Å². The minimum atomic E-state index is -0.265. The maximum atomic E-state index is 12.3. The lowest BCUT2D eigenvalue weighted by molar-refractivity contribution is 0.0948. The van der Waals surface area contributed by atoms with Crippen LogP contribution in [0, 0.1) is 13.8 Å². The Morgan fingerprint density at radius 2 is 2.24 bits per heavy atom. The van der Waals surface area contributed by atoms with E-state index in [1.165, 1.54) is 0 Å². The molecule has 0 spiro atoms. The van der Waals surface area contributed by atoms with Crippen molar-refractivity contribution in [2.24, 2.45) is 5.10 Å². The Kier molecular flexibility index (Phi) is 3.53. The predicted molar refractivity (Wildman–Crippen MR) is 84.0 cm³/mol. The zero-order valence-electron chi connectivity index (χ0n) is 11.7. The van der Waals surface area contributed by atoms with E-state index >= 15 is 0 Å². The fraction of sp³-hybridized carbons (Fsp3) is 0.133. The van der Waals surface area contributed by atoms with Gasteiger partial charge < -0.3 is 0 Å². The maximum absolute atomic E-state index is 12.3. The van der Waals surface area contributed by atoms with Crippen LogP contribution in [0.5, 0.6) is 0 Å². The number of hydrazone groups is 1. The molecule has 0 saturated carbocycles. The van der Waals surface area contributed by atoms with Gasteiger partial charge in [0.15, 0.2) is 0 Å². The van der Waals surface area contributed by atoms with E-state index in [0.29, 0.717) is 11.4 Å². The van der Waals surface area contributed by atoms with Gasteiger partial charge in [-0.05, 0) is 36.9 Å². The zero-order chi connectivity index (χ0) is 14.8. The second-order valence-electron chi connectivity index (χ2n) is 4.70. The SMILES string of the molecule is Cc1ccc2nc(C)c(C(=O)N/N=C/c3cccs3)n2c1. The Morgan fingerprint density at radius 3 is 3.00 bits per heavy atom. The number of carbonyl (C=O) groups is 1. The number of hydrogen-bond donors (Lipinski definition) is 1. The van der Waals surface area contributed by atoms with Crippen LogP contribution >= 0.6 is 11.3 Å². The van der Waals surface area contributed by atoms with Gasteiger partial charge in [0.1, 0.15) is 11.3 Å². The van der Waals surface area contributed by atoms with E-state index in [1.54, 1.807) is 22.0 Å². The van der Waals surface area contributed by atoms with Gasteiger partial charge in [-0.3, -0.25) is 9.20 Å². The van der Waals surface area contributed by atoms with Crippen molar-refractivity contribution >= 4 is 29.1 Å². The maximum Gasteiger partial charge on any atom is 0.290 e.